The summed E-state index contributed by atoms with van der Waals surface area (Å²) in [5.74, 6) is -1.83. The van der Waals surface area contributed by atoms with E-state index >= 15 is 0 Å². The fourth-order valence-corrected chi connectivity index (χ4v) is 1.60. The van der Waals surface area contributed by atoms with Crippen LogP contribution in [0.15, 0.2) is 18.2 Å². The van der Waals surface area contributed by atoms with Gasteiger partial charge in [-0.1, -0.05) is 0 Å². The number of carbonyl (C=O) groups is 1. The quantitative estimate of drug-likeness (QED) is 0.786. The summed E-state index contributed by atoms with van der Waals surface area (Å²) >= 11 is 0. The molecule has 0 spiro atoms. The molecule has 1 aromatic rings. The molecule has 1 rings (SSSR count). The van der Waals surface area contributed by atoms with Gasteiger partial charge in [-0.3, -0.25) is 9.69 Å². The Morgan fingerprint density at radius 3 is 2.67 bits per heavy atom. The van der Waals surface area contributed by atoms with Gasteiger partial charge >= 0.3 is 0 Å². The number of likely N-dealkylation sites (N-methyl/N-ethyl adjacent to an activating group) is 2. The van der Waals surface area contributed by atoms with Crippen LogP contribution in [0.2, 0.25) is 0 Å². The van der Waals surface area contributed by atoms with Crippen molar-refractivity contribution in [1.29, 1.82) is 0 Å². The maximum Gasteiger partial charge on any atom is 0.182 e. The second-order valence-electron chi connectivity index (χ2n) is 4.25. The molecule has 3 nitrogen and oxygen atoms in total. The van der Waals surface area contributed by atoms with Crippen LogP contribution in [0.1, 0.15) is 17.3 Å². The molecule has 0 aliphatic rings. The lowest BCUT2D eigenvalue weighted by atomic mass is 10.0. The van der Waals surface area contributed by atoms with Crippen molar-refractivity contribution in [2.45, 2.75) is 13.0 Å². The second-order valence-corrected chi connectivity index (χ2v) is 4.25. The minimum absolute atomic E-state index is 0.0693. The molecule has 1 N–H and O–H groups in total. The fourth-order valence-electron chi connectivity index (χ4n) is 1.60. The number of nitrogens with zero attached hydrogens (tertiary/aromatic N) is 1. The number of rotatable bonds is 6. The van der Waals surface area contributed by atoms with Gasteiger partial charge in [0.2, 0.25) is 0 Å². The Bertz CT molecular complexity index is 423. The first-order valence-corrected chi connectivity index (χ1v) is 5.81. The van der Waals surface area contributed by atoms with Crippen LogP contribution in [0.25, 0.3) is 0 Å². The minimum Gasteiger partial charge on any atom is -0.318 e. The maximum atomic E-state index is 13.5. The molecule has 100 valence electrons. The maximum absolute atomic E-state index is 13.5. The van der Waals surface area contributed by atoms with Crippen LogP contribution in [-0.2, 0) is 0 Å². The van der Waals surface area contributed by atoms with Crippen molar-refractivity contribution in [2.75, 3.05) is 27.2 Å². The van der Waals surface area contributed by atoms with Crippen molar-refractivity contribution in [3.05, 3.63) is 35.4 Å². The predicted octanol–water partition coefficient (Wildman–Crippen LogP) is 1.69. The first kappa shape index (κ1) is 14.7. The standard InChI is InChI=1S/C13H18F2N2O/c1-9(17(3)7-6-16-2)13(18)11-5-4-10(14)8-12(11)15/h4-5,8-9,16H,6-7H2,1-3H3. The molecule has 0 aliphatic heterocycles. The lowest BCUT2D eigenvalue weighted by Crippen LogP contribution is -2.39. The molecule has 5 heteroatoms. The summed E-state index contributed by atoms with van der Waals surface area (Å²) in [6.07, 6.45) is 0. The lowest BCUT2D eigenvalue weighted by Gasteiger charge is -2.23. The van der Waals surface area contributed by atoms with Crippen molar-refractivity contribution < 1.29 is 13.6 Å². The highest BCUT2D eigenvalue weighted by molar-refractivity contribution is 6.00. The van der Waals surface area contributed by atoms with E-state index in [0.29, 0.717) is 6.54 Å². The molecule has 0 saturated carbocycles. The van der Waals surface area contributed by atoms with E-state index in [4.69, 9.17) is 0 Å². The third-order valence-electron chi connectivity index (χ3n) is 2.95. The van der Waals surface area contributed by atoms with E-state index in [9.17, 15) is 13.6 Å². The molecule has 18 heavy (non-hydrogen) atoms. The normalized spacial score (nSPS) is 12.8. The molecule has 1 aromatic carbocycles. The van der Waals surface area contributed by atoms with Crippen molar-refractivity contribution >= 4 is 5.78 Å². The second kappa shape index (κ2) is 6.56. The van der Waals surface area contributed by atoms with Gasteiger partial charge in [0.15, 0.2) is 5.78 Å². The highest BCUT2D eigenvalue weighted by atomic mass is 19.1. The van der Waals surface area contributed by atoms with Gasteiger partial charge in [-0.15, -0.1) is 0 Å². The third kappa shape index (κ3) is 3.58. The molecule has 0 radical (unpaired) electrons. The molecular formula is C13H18F2N2O. The summed E-state index contributed by atoms with van der Waals surface area (Å²) in [6.45, 7) is 3.12. The zero-order chi connectivity index (χ0) is 13.7. The summed E-state index contributed by atoms with van der Waals surface area (Å²) in [7, 11) is 3.61. The monoisotopic (exact) mass is 256 g/mol. The van der Waals surface area contributed by atoms with Gasteiger partial charge in [0.25, 0.3) is 0 Å². The molecule has 0 aliphatic carbocycles. The Morgan fingerprint density at radius 1 is 1.44 bits per heavy atom. The number of Topliss-reactive ketones (excluding diaryl/α,β-unsaturated/α-hetero) is 1. The van der Waals surface area contributed by atoms with Crippen LogP contribution >= 0.6 is 0 Å². The Hall–Kier alpha value is -1.33. The predicted molar refractivity (Wildman–Crippen MR) is 66.7 cm³/mol. The summed E-state index contributed by atoms with van der Waals surface area (Å²) in [6, 6.07) is 2.57. The first-order chi connectivity index (χ1) is 8.47. The zero-order valence-electron chi connectivity index (χ0n) is 10.8. The van der Waals surface area contributed by atoms with Crippen LogP contribution in [-0.4, -0.2) is 43.9 Å². The van der Waals surface area contributed by atoms with Crippen molar-refractivity contribution in [1.82, 2.24) is 10.2 Å². The molecule has 0 amide bonds. The van der Waals surface area contributed by atoms with E-state index in [1.54, 1.807) is 14.0 Å². The van der Waals surface area contributed by atoms with Gasteiger partial charge < -0.3 is 5.32 Å². The molecule has 0 fully saturated rings. The van der Waals surface area contributed by atoms with E-state index in [-0.39, 0.29) is 11.3 Å². The van der Waals surface area contributed by atoms with E-state index < -0.39 is 17.7 Å². The molecule has 0 saturated heterocycles. The average molecular weight is 256 g/mol. The van der Waals surface area contributed by atoms with Crippen molar-refractivity contribution in [3.63, 3.8) is 0 Å². The number of nitrogens with one attached hydrogen (secondary N) is 1. The summed E-state index contributed by atoms with van der Waals surface area (Å²) in [4.78, 5) is 13.9. The van der Waals surface area contributed by atoms with Gasteiger partial charge in [0.05, 0.1) is 11.6 Å². The topological polar surface area (TPSA) is 32.3 Å². The largest absolute Gasteiger partial charge is 0.318 e. The number of carbonyl (C=O) groups excluding carboxylic acids is 1. The summed E-state index contributed by atoms with van der Waals surface area (Å²) < 4.78 is 26.3. The molecule has 0 aromatic heterocycles. The molecular weight excluding hydrogens is 238 g/mol. The Labute approximate surface area is 106 Å². The zero-order valence-corrected chi connectivity index (χ0v) is 10.8. The van der Waals surface area contributed by atoms with Crippen LogP contribution in [0.4, 0.5) is 8.78 Å². The Balaban J connectivity index is 2.79. The highest BCUT2D eigenvalue weighted by Crippen LogP contribution is 2.13. The molecule has 1 atom stereocenters. The summed E-state index contributed by atoms with van der Waals surface area (Å²) in [5.41, 5.74) is -0.0693. The summed E-state index contributed by atoms with van der Waals surface area (Å²) in [5, 5.41) is 2.97. The Morgan fingerprint density at radius 2 is 2.11 bits per heavy atom. The average Bonchev–Trinajstić information content (AvgIpc) is 2.34. The smallest absolute Gasteiger partial charge is 0.182 e. The van der Waals surface area contributed by atoms with E-state index in [2.05, 4.69) is 5.32 Å². The first-order valence-electron chi connectivity index (χ1n) is 5.81. The lowest BCUT2D eigenvalue weighted by molar-refractivity contribution is 0.0866. The van der Waals surface area contributed by atoms with Gasteiger partial charge in [-0.05, 0) is 33.2 Å². The van der Waals surface area contributed by atoms with Crippen LogP contribution < -0.4 is 5.32 Å². The van der Waals surface area contributed by atoms with Crippen molar-refractivity contribution in [3.8, 4) is 0 Å². The molecule has 0 bridgehead atoms. The molecule has 0 heterocycles. The van der Waals surface area contributed by atoms with E-state index in [1.807, 2.05) is 11.9 Å². The van der Waals surface area contributed by atoms with Gasteiger partial charge in [-0.25, -0.2) is 8.78 Å². The number of ketones is 1. The van der Waals surface area contributed by atoms with E-state index in [0.717, 1.165) is 18.7 Å². The van der Waals surface area contributed by atoms with E-state index in [1.165, 1.54) is 6.07 Å². The fraction of sp³-hybridized carbons (Fsp3) is 0.462. The Kier molecular flexibility index (Phi) is 5.37. The third-order valence-corrected chi connectivity index (χ3v) is 2.95. The number of hydrogen-bond donors (Lipinski definition) is 1. The van der Waals surface area contributed by atoms with Crippen molar-refractivity contribution in [2.24, 2.45) is 0 Å². The van der Waals surface area contributed by atoms with Crippen LogP contribution in [0.5, 0.6) is 0 Å². The number of hydrogen-bond acceptors (Lipinski definition) is 3. The highest BCUT2D eigenvalue weighted by Gasteiger charge is 2.22. The molecule has 1 unspecified atom stereocenters. The number of benzene rings is 1. The van der Waals surface area contributed by atoms with Gasteiger partial charge in [0.1, 0.15) is 11.6 Å². The number of halogens is 2. The van der Waals surface area contributed by atoms with Gasteiger partial charge in [-0.2, -0.15) is 0 Å². The van der Waals surface area contributed by atoms with Crippen LogP contribution in [0.3, 0.4) is 0 Å². The van der Waals surface area contributed by atoms with Gasteiger partial charge in [0, 0.05) is 19.2 Å². The minimum atomic E-state index is -0.811. The van der Waals surface area contributed by atoms with Crippen LogP contribution in [0, 0.1) is 11.6 Å². The SMILES string of the molecule is CNCCN(C)C(C)C(=O)c1ccc(F)cc1F.